The zero-order chi connectivity index (χ0) is 12.7. The number of benzene rings is 1. The third-order valence-corrected chi connectivity index (χ3v) is 2.63. The van der Waals surface area contributed by atoms with Crippen LogP contribution in [0.1, 0.15) is 16.8 Å². The first kappa shape index (κ1) is 13.5. The van der Waals surface area contributed by atoms with Crippen LogP contribution in [0.4, 0.5) is 5.69 Å². The first-order valence-corrected chi connectivity index (χ1v) is 5.73. The summed E-state index contributed by atoms with van der Waals surface area (Å²) in [5.41, 5.74) is 1.62. The summed E-state index contributed by atoms with van der Waals surface area (Å²) in [7, 11) is 5.36. The second-order valence-electron chi connectivity index (χ2n) is 3.92. The van der Waals surface area contributed by atoms with Crippen LogP contribution in [-0.4, -0.2) is 40.3 Å². The molecule has 0 spiro atoms. The van der Waals surface area contributed by atoms with Gasteiger partial charge in [-0.15, -0.1) is 0 Å². The van der Waals surface area contributed by atoms with Crippen LogP contribution in [0.3, 0.4) is 0 Å². The largest absolute Gasteiger partial charge is 0.465 e. The van der Waals surface area contributed by atoms with Crippen molar-refractivity contribution in [1.29, 1.82) is 0 Å². The smallest absolute Gasteiger partial charge is 0.337 e. The fourth-order valence-corrected chi connectivity index (χ4v) is 1.61. The maximum absolute atomic E-state index is 11.4. The minimum Gasteiger partial charge on any atom is -0.465 e. The number of methoxy groups -OCH3 is 1. The summed E-state index contributed by atoms with van der Waals surface area (Å²) < 4.78 is 4.70. The van der Waals surface area contributed by atoms with Crippen molar-refractivity contribution in [2.45, 2.75) is 6.42 Å². The number of nitrogens with zero attached hydrogens (tertiary/aromatic N) is 1. The van der Waals surface area contributed by atoms with Gasteiger partial charge in [-0.25, -0.2) is 4.79 Å². The van der Waals surface area contributed by atoms with Gasteiger partial charge in [0.15, 0.2) is 0 Å². The summed E-state index contributed by atoms with van der Waals surface area (Å²) in [6.07, 6.45) is 1.06. The van der Waals surface area contributed by atoms with Gasteiger partial charge >= 0.3 is 5.97 Å². The van der Waals surface area contributed by atoms with Crippen LogP contribution in [0.25, 0.3) is 0 Å². The molecule has 0 aliphatic carbocycles. The van der Waals surface area contributed by atoms with E-state index in [-0.39, 0.29) is 5.97 Å². The summed E-state index contributed by atoms with van der Waals surface area (Å²) in [5.74, 6) is -0.296. The molecule has 94 valence electrons. The predicted octanol–water partition coefficient (Wildman–Crippen LogP) is 1.52. The molecule has 0 aliphatic heterocycles. The van der Waals surface area contributed by atoms with E-state index in [4.69, 9.17) is 4.74 Å². The van der Waals surface area contributed by atoms with E-state index < -0.39 is 0 Å². The summed E-state index contributed by atoms with van der Waals surface area (Å²) in [4.78, 5) is 13.5. The highest BCUT2D eigenvalue weighted by Crippen LogP contribution is 2.15. The molecule has 4 nitrogen and oxygen atoms in total. The molecule has 0 saturated carbocycles. The lowest BCUT2D eigenvalue weighted by atomic mass is 10.2. The van der Waals surface area contributed by atoms with Crippen molar-refractivity contribution in [1.82, 2.24) is 5.32 Å². The molecule has 0 amide bonds. The molecule has 1 N–H and O–H groups in total. The molecule has 0 saturated heterocycles. The quantitative estimate of drug-likeness (QED) is 0.600. The van der Waals surface area contributed by atoms with Crippen LogP contribution < -0.4 is 10.2 Å². The van der Waals surface area contributed by atoms with Crippen molar-refractivity contribution in [3.63, 3.8) is 0 Å². The van der Waals surface area contributed by atoms with Crippen molar-refractivity contribution in [3.05, 3.63) is 29.8 Å². The van der Waals surface area contributed by atoms with E-state index in [1.54, 1.807) is 6.07 Å². The fraction of sp³-hybridized carbons (Fsp3) is 0.462. The van der Waals surface area contributed by atoms with Crippen molar-refractivity contribution in [3.8, 4) is 0 Å². The van der Waals surface area contributed by atoms with Crippen LogP contribution in [0, 0.1) is 0 Å². The normalized spacial score (nSPS) is 10.1. The Labute approximate surface area is 103 Å². The van der Waals surface area contributed by atoms with Crippen molar-refractivity contribution >= 4 is 11.7 Å². The number of ether oxygens (including phenoxy) is 1. The van der Waals surface area contributed by atoms with Gasteiger partial charge in [0, 0.05) is 19.3 Å². The van der Waals surface area contributed by atoms with Gasteiger partial charge in [0.2, 0.25) is 0 Å². The Morgan fingerprint density at radius 3 is 2.88 bits per heavy atom. The van der Waals surface area contributed by atoms with Gasteiger partial charge in [-0.1, -0.05) is 6.07 Å². The van der Waals surface area contributed by atoms with Gasteiger partial charge in [-0.05, 0) is 38.2 Å². The minimum atomic E-state index is -0.296. The molecule has 0 fully saturated rings. The third kappa shape index (κ3) is 4.07. The van der Waals surface area contributed by atoms with Crippen LogP contribution in [0.15, 0.2) is 24.3 Å². The Kier molecular flexibility index (Phi) is 5.49. The lowest BCUT2D eigenvalue weighted by molar-refractivity contribution is 0.0601. The van der Waals surface area contributed by atoms with Crippen LogP contribution in [0.5, 0.6) is 0 Å². The standard InChI is InChI=1S/C13H20N2O2/c1-14-8-5-9-15(2)12-7-4-6-11(10-12)13(16)17-3/h4,6-7,10,14H,5,8-9H2,1-3H3. The zero-order valence-electron chi connectivity index (χ0n) is 10.7. The summed E-state index contributed by atoms with van der Waals surface area (Å²) in [5, 5.41) is 3.11. The number of esters is 1. The first-order chi connectivity index (χ1) is 8.19. The molecule has 0 unspecified atom stereocenters. The van der Waals surface area contributed by atoms with E-state index in [9.17, 15) is 4.79 Å². The van der Waals surface area contributed by atoms with Crippen molar-refractivity contribution < 1.29 is 9.53 Å². The highest BCUT2D eigenvalue weighted by atomic mass is 16.5. The van der Waals surface area contributed by atoms with Crippen LogP contribution in [0.2, 0.25) is 0 Å². The van der Waals surface area contributed by atoms with E-state index >= 15 is 0 Å². The zero-order valence-corrected chi connectivity index (χ0v) is 10.7. The minimum absolute atomic E-state index is 0.296. The lowest BCUT2D eigenvalue weighted by Gasteiger charge is -2.19. The van der Waals surface area contributed by atoms with E-state index in [0.29, 0.717) is 5.56 Å². The van der Waals surface area contributed by atoms with E-state index in [1.165, 1.54) is 7.11 Å². The molecule has 0 bridgehead atoms. The maximum Gasteiger partial charge on any atom is 0.337 e. The number of carbonyl (C=O) groups excluding carboxylic acids is 1. The average Bonchev–Trinajstić information content (AvgIpc) is 2.38. The van der Waals surface area contributed by atoms with Crippen molar-refractivity contribution in [2.75, 3.05) is 39.2 Å². The summed E-state index contributed by atoms with van der Waals surface area (Å²) in [6, 6.07) is 7.48. The van der Waals surface area contributed by atoms with Gasteiger partial charge in [-0.2, -0.15) is 0 Å². The fourth-order valence-electron chi connectivity index (χ4n) is 1.61. The molecular weight excluding hydrogens is 216 g/mol. The SMILES string of the molecule is CNCCCN(C)c1cccc(C(=O)OC)c1. The number of anilines is 1. The number of carbonyl (C=O) groups is 1. The van der Waals surface area contributed by atoms with Gasteiger partial charge < -0.3 is 15.0 Å². The van der Waals surface area contributed by atoms with E-state index in [2.05, 4.69) is 10.2 Å². The Morgan fingerprint density at radius 1 is 1.47 bits per heavy atom. The van der Waals surface area contributed by atoms with Gasteiger partial charge in [0.1, 0.15) is 0 Å². The molecule has 1 aromatic carbocycles. The van der Waals surface area contributed by atoms with E-state index in [0.717, 1.165) is 25.2 Å². The maximum atomic E-state index is 11.4. The van der Waals surface area contributed by atoms with Crippen LogP contribution >= 0.6 is 0 Å². The number of hydrogen-bond acceptors (Lipinski definition) is 4. The van der Waals surface area contributed by atoms with E-state index in [1.807, 2.05) is 32.3 Å². The van der Waals surface area contributed by atoms with Gasteiger partial charge in [0.05, 0.1) is 12.7 Å². The second-order valence-corrected chi connectivity index (χ2v) is 3.92. The first-order valence-electron chi connectivity index (χ1n) is 5.73. The second kappa shape index (κ2) is 6.91. The van der Waals surface area contributed by atoms with Gasteiger partial charge in [-0.3, -0.25) is 0 Å². The van der Waals surface area contributed by atoms with Gasteiger partial charge in [0.25, 0.3) is 0 Å². The molecule has 1 aromatic rings. The molecule has 1 rings (SSSR count). The van der Waals surface area contributed by atoms with Crippen molar-refractivity contribution in [2.24, 2.45) is 0 Å². The summed E-state index contributed by atoms with van der Waals surface area (Å²) >= 11 is 0. The predicted molar refractivity (Wildman–Crippen MR) is 69.6 cm³/mol. The highest BCUT2D eigenvalue weighted by Gasteiger charge is 2.07. The Hall–Kier alpha value is -1.55. The number of rotatable bonds is 6. The topological polar surface area (TPSA) is 41.6 Å². The monoisotopic (exact) mass is 236 g/mol. The Balaban J connectivity index is 2.67. The highest BCUT2D eigenvalue weighted by molar-refractivity contribution is 5.90. The molecule has 17 heavy (non-hydrogen) atoms. The molecule has 4 heteroatoms. The molecule has 0 heterocycles. The molecular formula is C13H20N2O2. The molecule has 0 atom stereocenters. The lowest BCUT2D eigenvalue weighted by Crippen LogP contribution is -2.22. The molecule has 0 aromatic heterocycles. The summed E-state index contributed by atoms with van der Waals surface area (Å²) in [6.45, 7) is 1.94. The average molecular weight is 236 g/mol. The molecule has 0 aliphatic rings. The number of nitrogens with one attached hydrogen (secondary N) is 1. The van der Waals surface area contributed by atoms with Crippen LogP contribution in [-0.2, 0) is 4.74 Å². The number of hydrogen-bond donors (Lipinski definition) is 1. The third-order valence-electron chi connectivity index (χ3n) is 2.63. The Morgan fingerprint density at radius 2 is 2.24 bits per heavy atom. The molecule has 0 radical (unpaired) electrons. The Bertz CT molecular complexity index is 366.